The molecule has 0 aromatic carbocycles. The highest BCUT2D eigenvalue weighted by Gasteiger charge is 2.09. The summed E-state index contributed by atoms with van der Waals surface area (Å²) in [6.07, 6.45) is 1.66. The molecule has 0 amide bonds. The van der Waals surface area contributed by atoms with E-state index >= 15 is 0 Å². The molecule has 1 aromatic heterocycles. The fourth-order valence-corrected chi connectivity index (χ4v) is 0.809. The van der Waals surface area contributed by atoms with Gasteiger partial charge in [-0.2, -0.15) is 0 Å². The number of aliphatic hydroxyl groups is 1. The summed E-state index contributed by atoms with van der Waals surface area (Å²) in [7, 11) is 0. The molecule has 12 heavy (non-hydrogen) atoms. The molecule has 0 aliphatic rings. The Morgan fingerprint density at radius 3 is 3.00 bits per heavy atom. The zero-order valence-corrected chi connectivity index (χ0v) is 6.34. The normalized spacial score (nSPS) is 10.1. The van der Waals surface area contributed by atoms with Crippen LogP contribution in [0.5, 0.6) is 0 Å². The fraction of sp³-hybridized carbons (Fsp3) is 0.500. The standard InChI is InChI=1S/C6H9N3O3/c10-3-1-2-9-5(6(11)12)4-7-8-9/h4,10H,1-3H2,(H,11,12). The Kier molecular flexibility index (Phi) is 2.76. The van der Waals surface area contributed by atoms with Gasteiger partial charge in [0, 0.05) is 13.2 Å². The van der Waals surface area contributed by atoms with Crippen molar-refractivity contribution in [2.75, 3.05) is 6.61 Å². The molecule has 0 saturated heterocycles. The highest BCUT2D eigenvalue weighted by molar-refractivity contribution is 5.85. The van der Waals surface area contributed by atoms with Crippen LogP contribution < -0.4 is 0 Å². The molecule has 0 radical (unpaired) electrons. The van der Waals surface area contributed by atoms with E-state index in [1.54, 1.807) is 0 Å². The van der Waals surface area contributed by atoms with Crippen LogP contribution in [0.4, 0.5) is 0 Å². The smallest absolute Gasteiger partial charge is 0.355 e. The third-order valence-corrected chi connectivity index (χ3v) is 1.36. The number of aliphatic hydroxyl groups excluding tert-OH is 1. The molecule has 66 valence electrons. The second-order valence-electron chi connectivity index (χ2n) is 2.22. The molecular formula is C6H9N3O3. The van der Waals surface area contributed by atoms with E-state index < -0.39 is 5.97 Å². The van der Waals surface area contributed by atoms with E-state index in [0.717, 1.165) is 0 Å². The second kappa shape index (κ2) is 3.82. The number of carbonyl (C=O) groups is 1. The number of aryl methyl sites for hydroxylation is 1. The number of nitrogens with zero attached hydrogens (tertiary/aromatic N) is 3. The van der Waals surface area contributed by atoms with E-state index in [-0.39, 0.29) is 12.3 Å². The lowest BCUT2D eigenvalue weighted by atomic mass is 10.4. The summed E-state index contributed by atoms with van der Waals surface area (Å²) in [5.74, 6) is -1.06. The van der Waals surface area contributed by atoms with Crippen molar-refractivity contribution in [2.24, 2.45) is 0 Å². The monoisotopic (exact) mass is 171 g/mol. The van der Waals surface area contributed by atoms with Crippen molar-refractivity contribution in [1.29, 1.82) is 0 Å². The van der Waals surface area contributed by atoms with Gasteiger partial charge in [-0.3, -0.25) is 0 Å². The summed E-state index contributed by atoms with van der Waals surface area (Å²) in [6.45, 7) is 0.386. The Bertz CT molecular complexity index is 271. The van der Waals surface area contributed by atoms with Crippen LogP contribution in [0, 0.1) is 0 Å². The Balaban J connectivity index is 2.70. The molecular weight excluding hydrogens is 162 g/mol. The molecule has 0 atom stereocenters. The minimum absolute atomic E-state index is 0.0128. The van der Waals surface area contributed by atoms with Crippen molar-refractivity contribution in [3.8, 4) is 0 Å². The molecule has 1 aromatic rings. The number of carboxylic acids is 1. The predicted octanol–water partition coefficient (Wildman–Crippen LogP) is -0.641. The summed E-state index contributed by atoms with van der Waals surface area (Å²) in [4.78, 5) is 10.5. The first-order valence-corrected chi connectivity index (χ1v) is 3.48. The van der Waals surface area contributed by atoms with Crippen LogP contribution in [-0.4, -0.2) is 37.8 Å². The van der Waals surface area contributed by atoms with Gasteiger partial charge in [-0.15, -0.1) is 5.10 Å². The van der Waals surface area contributed by atoms with Crippen molar-refractivity contribution >= 4 is 5.97 Å². The maximum absolute atomic E-state index is 10.5. The van der Waals surface area contributed by atoms with E-state index in [1.807, 2.05) is 0 Å². The fourth-order valence-electron chi connectivity index (χ4n) is 0.809. The second-order valence-corrected chi connectivity index (χ2v) is 2.22. The zero-order chi connectivity index (χ0) is 8.97. The molecule has 0 saturated carbocycles. The van der Waals surface area contributed by atoms with Gasteiger partial charge in [0.1, 0.15) is 0 Å². The summed E-state index contributed by atoms with van der Waals surface area (Å²) in [6, 6.07) is 0. The maximum atomic E-state index is 10.5. The third-order valence-electron chi connectivity index (χ3n) is 1.36. The number of aromatic nitrogens is 3. The van der Waals surface area contributed by atoms with E-state index in [0.29, 0.717) is 13.0 Å². The first kappa shape index (κ1) is 8.66. The van der Waals surface area contributed by atoms with Crippen LogP contribution >= 0.6 is 0 Å². The lowest BCUT2D eigenvalue weighted by Crippen LogP contribution is -2.10. The van der Waals surface area contributed by atoms with Crippen LogP contribution in [0.3, 0.4) is 0 Å². The molecule has 2 N–H and O–H groups in total. The molecule has 1 rings (SSSR count). The maximum Gasteiger partial charge on any atom is 0.355 e. The van der Waals surface area contributed by atoms with Gasteiger partial charge in [0.2, 0.25) is 0 Å². The predicted molar refractivity (Wildman–Crippen MR) is 38.7 cm³/mol. The molecule has 6 heteroatoms. The molecule has 1 heterocycles. The van der Waals surface area contributed by atoms with Gasteiger partial charge < -0.3 is 10.2 Å². The van der Waals surface area contributed by atoms with Gasteiger partial charge in [-0.1, -0.05) is 5.21 Å². The minimum Gasteiger partial charge on any atom is -0.476 e. The number of rotatable bonds is 4. The van der Waals surface area contributed by atoms with Crippen LogP contribution in [-0.2, 0) is 6.54 Å². The topological polar surface area (TPSA) is 88.2 Å². The van der Waals surface area contributed by atoms with Crippen LogP contribution in [0.1, 0.15) is 16.9 Å². The number of carboxylic acid groups (broad SMARTS) is 1. The number of hydrogen-bond acceptors (Lipinski definition) is 4. The summed E-state index contributed by atoms with van der Waals surface area (Å²) in [5.41, 5.74) is 0.0449. The van der Waals surface area contributed by atoms with Gasteiger partial charge in [0.15, 0.2) is 5.69 Å². The van der Waals surface area contributed by atoms with E-state index in [2.05, 4.69) is 10.3 Å². The quantitative estimate of drug-likeness (QED) is 0.629. The summed E-state index contributed by atoms with van der Waals surface area (Å²) < 4.78 is 1.25. The van der Waals surface area contributed by atoms with Crippen molar-refractivity contribution in [3.63, 3.8) is 0 Å². The van der Waals surface area contributed by atoms with Gasteiger partial charge >= 0.3 is 5.97 Å². The summed E-state index contributed by atoms with van der Waals surface area (Å²) >= 11 is 0. The Morgan fingerprint density at radius 2 is 2.42 bits per heavy atom. The lowest BCUT2D eigenvalue weighted by Gasteiger charge is -1.99. The molecule has 0 fully saturated rings. The highest BCUT2D eigenvalue weighted by atomic mass is 16.4. The minimum atomic E-state index is -1.06. The van der Waals surface area contributed by atoms with E-state index in [9.17, 15) is 4.79 Å². The van der Waals surface area contributed by atoms with Crippen molar-refractivity contribution < 1.29 is 15.0 Å². The SMILES string of the molecule is O=C(O)c1cnnn1CCCO. The zero-order valence-electron chi connectivity index (χ0n) is 6.34. The van der Waals surface area contributed by atoms with Crippen LogP contribution in [0.2, 0.25) is 0 Å². The van der Waals surface area contributed by atoms with Crippen LogP contribution in [0.15, 0.2) is 6.20 Å². The first-order chi connectivity index (χ1) is 5.75. The van der Waals surface area contributed by atoms with Gasteiger partial charge in [0.05, 0.1) is 6.20 Å². The van der Waals surface area contributed by atoms with Gasteiger partial charge in [-0.05, 0) is 6.42 Å². The average Bonchev–Trinajstić information content (AvgIpc) is 2.48. The van der Waals surface area contributed by atoms with E-state index in [1.165, 1.54) is 10.9 Å². The van der Waals surface area contributed by atoms with Crippen molar-refractivity contribution in [1.82, 2.24) is 15.0 Å². The highest BCUT2D eigenvalue weighted by Crippen LogP contribution is 1.96. The van der Waals surface area contributed by atoms with Crippen LogP contribution in [0.25, 0.3) is 0 Å². The largest absolute Gasteiger partial charge is 0.476 e. The molecule has 0 unspecified atom stereocenters. The summed E-state index contributed by atoms with van der Waals surface area (Å²) in [5, 5.41) is 24.1. The van der Waals surface area contributed by atoms with Crippen molar-refractivity contribution in [2.45, 2.75) is 13.0 Å². The molecule has 0 bridgehead atoms. The molecule has 6 nitrogen and oxygen atoms in total. The van der Waals surface area contributed by atoms with Gasteiger partial charge in [0.25, 0.3) is 0 Å². The Hall–Kier alpha value is -1.43. The lowest BCUT2D eigenvalue weighted by molar-refractivity contribution is 0.0682. The molecule has 0 spiro atoms. The van der Waals surface area contributed by atoms with E-state index in [4.69, 9.17) is 10.2 Å². The molecule has 0 aliphatic carbocycles. The Labute approximate surface area is 68.4 Å². The van der Waals surface area contributed by atoms with Crippen molar-refractivity contribution in [3.05, 3.63) is 11.9 Å². The Morgan fingerprint density at radius 1 is 1.67 bits per heavy atom. The van der Waals surface area contributed by atoms with Gasteiger partial charge in [-0.25, -0.2) is 9.48 Å². The number of aromatic carboxylic acids is 1. The average molecular weight is 171 g/mol. The third kappa shape index (κ3) is 1.79. The molecule has 0 aliphatic heterocycles. The first-order valence-electron chi connectivity index (χ1n) is 3.48. The number of hydrogen-bond donors (Lipinski definition) is 2.